The fraction of sp³-hybridized carbons (Fsp3) is 0.360. The van der Waals surface area contributed by atoms with Gasteiger partial charge in [-0.1, -0.05) is 45.0 Å². The molecule has 0 unspecified atom stereocenters. The highest BCUT2D eigenvalue weighted by Gasteiger charge is 2.30. The van der Waals surface area contributed by atoms with E-state index in [1.807, 2.05) is 49.4 Å². The van der Waals surface area contributed by atoms with Crippen molar-refractivity contribution in [3.63, 3.8) is 0 Å². The van der Waals surface area contributed by atoms with E-state index in [-0.39, 0.29) is 5.91 Å². The zero-order valence-corrected chi connectivity index (χ0v) is 19.7. The van der Waals surface area contributed by atoms with Crippen molar-refractivity contribution in [3.8, 4) is 11.5 Å². The summed E-state index contributed by atoms with van der Waals surface area (Å²) >= 11 is 1.39. The monoisotopic (exact) mass is 438 g/mol. The molecule has 0 saturated carbocycles. The minimum Gasteiger partial charge on any atom is -0.490 e. The molecule has 1 saturated heterocycles. The first-order valence-electron chi connectivity index (χ1n) is 10.7. The average Bonchev–Trinajstić information content (AvgIpc) is 3.01. The van der Waals surface area contributed by atoms with Gasteiger partial charge in [0.15, 0.2) is 16.7 Å². The summed E-state index contributed by atoms with van der Waals surface area (Å²) in [5, 5.41) is 0.680. The number of aliphatic imine (C=N–C) groups is 1. The number of ether oxygens (including phenoxy) is 2. The third-order valence-corrected chi connectivity index (χ3v) is 5.79. The van der Waals surface area contributed by atoms with Gasteiger partial charge in [-0.05, 0) is 66.4 Å². The number of thioether (sulfide) groups is 1. The minimum atomic E-state index is -0.0594. The molecule has 0 bridgehead atoms. The van der Waals surface area contributed by atoms with E-state index in [4.69, 9.17) is 14.5 Å². The molecule has 2 aromatic rings. The second kappa shape index (κ2) is 10.5. The van der Waals surface area contributed by atoms with Gasteiger partial charge in [0, 0.05) is 7.05 Å². The Morgan fingerprint density at radius 3 is 2.58 bits per heavy atom. The number of benzene rings is 2. The van der Waals surface area contributed by atoms with Crippen LogP contribution in [-0.4, -0.2) is 36.2 Å². The molecule has 31 heavy (non-hydrogen) atoms. The van der Waals surface area contributed by atoms with Crippen molar-refractivity contribution >= 4 is 34.6 Å². The number of carbonyl (C=O) groups excluding carboxylic acids is 1. The number of para-hydroxylation sites is 1. The smallest absolute Gasteiger partial charge is 0.266 e. The highest BCUT2D eigenvalue weighted by Crippen LogP contribution is 2.36. The van der Waals surface area contributed by atoms with Crippen molar-refractivity contribution in [2.75, 3.05) is 20.3 Å². The van der Waals surface area contributed by atoms with Crippen LogP contribution in [0.25, 0.3) is 6.08 Å². The Hall–Kier alpha value is -2.73. The van der Waals surface area contributed by atoms with Gasteiger partial charge >= 0.3 is 0 Å². The summed E-state index contributed by atoms with van der Waals surface area (Å²) in [5.41, 5.74) is 2.95. The number of amides is 1. The van der Waals surface area contributed by atoms with Gasteiger partial charge in [0.05, 0.1) is 23.8 Å². The topological polar surface area (TPSA) is 51.1 Å². The first kappa shape index (κ1) is 22.9. The van der Waals surface area contributed by atoms with E-state index in [1.54, 1.807) is 11.9 Å². The quantitative estimate of drug-likeness (QED) is 0.480. The lowest BCUT2D eigenvalue weighted by Gasteiger charge is -2.14. The summed E-state index contributed by atoms with van der Waals surface area (Å²) in [6, 6.07) is 13.8. The second-order valence-electron chi connectivity index (χ2n) is 7.70. The third-order valence-electron chi connectivity index (χ3n) is 4.73. The number of likely N-dealkylation sites (N-methyl/N-ethyl adjacent to an activating group) is 1. The van der Waals surface area contributed by atoms with Gasteiger partial charge in [0.25, 0.3) is 5.91 Å². The number of amidine groups is 1. The molecule has 0 atom stereocenters. The predicted octanol–water partition coefficient (Wildman–Crippen LogP) is 5.92. The molecular formula is C25H30N2O3S. The van der Waals surface area contributed by atoms with Crippen LogP contribution in [0.2, 0.25) is 0 Å². The van der Waals surface area contributed by atoms with Gasteiger partial charge in [-0.2, -0.15) is 0 Å². The first-order valence-corrected chi connectivity index (χ1v) is 11.5. The van der Waals surface area contributed by atoms with Crippen LogP contribution in [0.5, 0.6) is 11.5 Å². The minimum absolute atomic E-state index is 0.0594. The molecule has 1 heterocycles. The van der Waals surface area contributed by atoms with Gasteiger partial charge in [0.2, 0.25) is 0 Å². The first-order chi connectivity index (χ1) is 14.9. The van der Waals surface area contributed by atoms with E-state index in [1.165, 1.54) is 11.8 Å². The third kappa shape index (κ3) is 5.70. The number of aryl methyl sites for hydroxylation is 1. The molecule has 3 rings (SSSR count). The maximum Gasteiger partial charge on any atom is 0.266 e. The van der Waals surface area contributed by atoms with Gasteiger partial charge in [-0.3, -0.25) is 9.69 Å². The number of hydrogen-bond acceptors (Lipinski definition) is 5. The van der Waals surface area contributed by atoms with Crippen molar-refractivity contribution in [2.45, 2.75) is 34.1 Å². The summed E-state index contributed by atoms with van der Waals surface area (Å²) in [6.45, 7) is 9.43. The Balaban J connectivity index is 1.87. The van der Waals surface area contributed by atoms with Crippen LogP contribution >= 0.6 is 11.8 Å². The van der Waals surface area contributed by atoms with E-state index in [0.29, 0.717) is 35.0 Å². The molecule has 6 heteroatoms. The van der Waals surface area contributed by atoms with Gasteiger partial charge < -0.3 is 9.47 Å². The van der Waals surface area contributed by atoms with Crippen LogP contribution in [0.15, 0.2) is 52.4 Å². The van der Waals surface area contributed by atoms with Crippen LogP contribution < -0.4 is 9.47 Å². The van der Waals surface area contributed by atoms with Crippen LogP contribution in [0.4, 0.5) is 5.69 Å². The van der Waals surface area contributed by atoms with Crippen molar-refractivity contribution in [1.29, 1.82) is 0 Å². The van der Waals surface area contributed by atoms with E-state index in [9.17, 15) is 4.79 Å². The summed E-state index contributed by atoms with van der Waals surface area (Å²) in [7, 11) is 1.76. The van der Waals surface area contributed by atoms with Gasteiger partial charge in [0.1, 0.15) is 0 Å². The summed E-state index contributed by atoms with van der Waals surface area (Å²) in [4.78, 5) is 19.8. The van der Waals surface area contributed by atoms with Crippen LogP contribution in [-0.2, 0) is 11.2 Å². The largest absolute Gasteiger partial charge is 0.490 e. The van der Waals surface area contributed by atoms with Crippen molar-refractivity contribution in [2.24, 2.45) is 10.9 Å². The van der Waals surface area contributed by atoms with Gasteiger partial charge in [-0.15, -0.1) is 0 Å². The highest BCUT2D eigenvalue weighted by molar-refractivity contribution is 8.18. The summed E-state index contributed by atoms with van der Waals surface area (Å²) in [6.07, 6.45) is 2.77. The standard InChI is InChI=1S/C25H30N2O3S/c1-6-19-10-8-9-11-20(19)26-25-27(5)24(28)23(31-25)15-18-12-13-21(30-16-17(3)4)22(14-18)29-7-2/h8-15,17H,6-7,16H2,1-5H3/b23-15+,26-25?. The highest BCUT2D eigenvalue weighted by atomic mass is 32.2. The molecule has 5 nitrogen and oxygen atoms in total. The van der Waals surface area contributed by atoms with Crippen molar-refractivity contribution < 1.29 is 14.3 Å². The average molecular weight is 439 g/mol. The summed E-state index contributed by atoms with van der Waals surface area (Å²) in [5.74, 6) is 1.77. The maximum atomic E-state index is 12.8. The lowest BCUT2D eigenvalue weighted by Crippen LogP contribution is -2.23. The van der Waals surface area contributed by atoms with Crippen LogP contribution in [0.3, 0.4) is 0 Å². The Kier molecular flexibility index (Phi) is 7.80. The SMILES string of the molecule is CCOc1cc(/C=C2/SC(=Nc3ccccc3CC)N(C)C2=O)ccc1OCC(C)C. The van der Waals surface area contributed by atoms with E-state index in [0.717, 1.165) is 29.0 Å². The number of carbonyl (C=O) groups is 1. The second-order valence-corrected chi connectivity index (χ2v) is 8.70. The molecule has 0 N–H and O–H groups in total. The van der Waals surface area contributed by atoms with E-state index >= 15 is 0 Å². The summed E-state index contributed by atoms with van der Waals surface area (Å²) < 4.78 is 11.6. The fourth-order valence-corrected chi connectivity index (χ4v) is 4.06. The van der Waals surface area contributed by atoms with E-state index in [2.05, 4.69) is 26.8 Å². The number of nitrogens with zero attached hydrogens (tertiary/aromatic N) is 2. The lowest BCUT2D eigenvalue weighted by molar-refractivity contribution is -0.121. The predicted molar refractivity (Wildman–Crippen MR) is 129 cm³/mol. The van der Waals surface area contributed by atoms with Crippen molar-refractivity contribution in [1.82, 2.24) is 4.90 Å². The normalized spacial score (nSPS) is 16.6. The number of hydrogen-bond donors (Lipinski definition) is 0. The molecule has 2 aromatic carbocycles. The Morgan fingerprint density at radius 1 is 1.10 bits per heavy atom. The zero-order valence-electron chi connectivity index (χ0n) is 18.8. The molecule has 1 aliphatic heterocycles. The molecule has 1 aliphatic rings. The van der Waals surface area contributed by atoms with E-state index < -0.39 is 0 Å². The Bertz CT molecular complexity index is 998. The van der Waals surface area contributed by atoms with Crippen LogP contribution in [0, 0.1) is 5.92 Å². The zero-order chi connectivity index (χ0) is 22.4. The molecule has 1 fully saturated rings. The molecule has 0 aliphatic carbocycles. The Morgan fingerprint density at radius 2 is 1.87 bits per heavy atom. The molecule has 0 spiro atoms. The molecule has 0 radical (unpaired) electrons. The Labute approximate surface area is 189 Å². The molecule has 164 valence electrons. The molecule has 1 amide bonds. The maximum absolute atomic E-state index is 12.8. The molecular weight excluding hydrogens is 408 g/mol. The number of rotatable bonds is 8. The van der Waals surface area contributed by atoms with Crippen LogP contribution in [0.1, 0.15) is 38.8 Å². The van der Waals surface area contributed by atoms with Gasteiger partial charge in [-0.25, -0.2) is 4.99 Å². The van der Waals surface area contributed by atoms with Crippen molar-refractivity contribution in [3.05, 3.63) is 58.5 Å². The lowest BCUT2D eigenvalue weighted by atomic mass is 10.1. The fourth-order valence-electron chi connectivity index (χ4n) is 3.08. The molecule has 0 aromatic heterocycles.